The normalized spacial score (nSPS) is 18.9. The summed E-state index contributed by atoms with van der Waals surface area (Å²) in [6.07, 6.45) is 0. The third-order valence-electron chi connectivity index (χ3n) is 3.56. The Morgan fingerprint density at radius 2 is 1.85 bits per heavy atom. The molecule has 2 aromatic carbocycles. The smallest absolute Gasteiger partial charge is 0.126 e. The Hall–Kier alpha value is -1.43. The molecule has 2 unspecified atom stereocenters. The molecule has 3 rings (SSSR count). The van der Waals surface area contributed by atoms with E-state index < -0.39 is 11.6 Å². The van der Waals surface area contributed by atoms with Gasteiger partial charge >= 0.3 is 0 Å². The van der Waals surface area contributed by atoms with Crippen molar-refractivity contribution >= 4 is 11.8 Å². The Balaban J connectivity index is 1.99. The number of rotatable bonds is 3. The highest BCUT2D eigenvalue weighted by molar-refractivity contribution is 7.99. The fourth-order valence-corrected chi connectivity index (χ4v) is 3.95. The lowest BCUT2D eigenvalue weighted by Crippen LogP contribution is -2.33. The molecule has 1 heterocycles. The quantitative estimate of drug-likeness (QED) is 0.673. The highest BCUT2D eigenvalue weighted by Crippen LogP contribution is 2.45. The second-order valence-corrected chi connectivity index (χ2v) is 5.86. The number of hydrogen-bond donors (Lipinski definition) is 2. The van der Waals surface area contributed by atoms with Gasteiger partial charge in [-0.1, -0.05) is 18.2 Å². The first-order valence-corrected chi connectivity index (χ1v) is 7.31. The molecule has 1 aliphatic heterocycles. The summed E-state index contributed by atoms with van der Waals surface area (Å²) >= 11 is 1.74. The summed E-state index contributed by atoms with van der Waals surface area (Å²) in [6.45, 7) is 0. The minimum absolute atomic E-state index is 0.0994. The number of benzene rings is 2. The number of halogens is 2. The number of fused-ring (bicyclic) bond motifs is 1. The van der Waals surface area contributed by atoms with Crippen LogP contribution in [0, 0.1) is 11.6 Å². The van der Waals surface area contributed by atoms with Crippen LogP contribution in [0.1, 0.15) is 23.1 Å². The van der Waals surface area contributed by atoms with Gasteiger partial charge < -0.3 is 0 Å². The van der Waals surface area contributed by atoms with Gasteiger partial charge in [-0.2, -0.15) is 0 Å². The zero-order valence-corrected chi connectivity index (χ0v) is 11.5. The number of hydrogen-bond acceptors (Lipinski definition) is 3. The average Bonchev–Trinajstić information content (AvgIpc) is 2.83. The van der Waals surface area contributed by atoms with E-state index in [0.717, 1.165) is 11.8 Å². The van der Waals surface area contributed by atoms with Gasteiger partial charge in [-0.05, 0) is 29.3 Å². The monoisotopic (exact) mass is 292 g/mol. The molecule has 3 N–H and O–H groups in total. The summed E-state index contributed by atoms with van der Waals surface area (Å²) in [7, 11) is 0. The van der Waals surface area contributed by atoms with E-state index in [1.165, 1.54) is 22.6 Å². The van der Waals surface area contributed by atoms with Crippen molar-refractivity contribution in [3.63, 3.8) is 0 Å². The number of nitrogens with two attached hydrogens (primary N) is 1. The van der Waals surface area contributed by atoms with Crippen LogP contribution in [0.5, 0.6) is 0 Å². The first-order valence-electron chi connectivity index (χ1n) is 6.33. The maximum absolute atomic E-state index is 13.4. The van der Waals surface area contributed by atoms with Gasteiger partial charge in [0, 0.05) is 22.6 Å². The van der Waals surface area contributed by atoms with Crippen molar-refractivity contribution in [2.24, 2.45) is 5.84 Å². The van der Waals surface area contributed by atoms with Crippen LogP contribution in [0.4, 0.5) is 8.78 Å². The fourth-order valence-electron chi connectivity index (χ4n) is 2.66. The lowest BCUT2D eigenvalue weighted by Gasteiger charge is -2.23. The zero-order valence-electron chi connectivity index (χ0n) is 10.6. The Morgan fingerprint density at radius 3 is 2.55 bits per heavy atom. The Bertz CT molecular complexity index is 613. The van der Waals surface area contributed by atoms with Crippen molar-refractivity contribution < 1.29 is 8.78 Å². The molecule has 0 aliphatic carbocycles. The Labute approximate surface area is 120 Å². The molecule has 0 spiro atoms. The SMILES string of the molecule is NNC(c1cc(F)cc(F)c1)C1CSc2ccccc21. The molecular weight excluding hydrogens is 278 g/mol. The minimum Gasteiger partial charge on any atom is -0.271 e. The first kappa shape index (κ1) is 13.5. The van der Waals surface area contributed by atoms with Crippen molar-refractivity contribution in [2.45, 2.75) is 16.9 Å². The Morgan fingerprint density at radius 1 is 1.15 bits per heavy atom. The predicted octanol–water partition coefficient (Wildman–Crippen LogP) is 3.36. The van der Waals surface area contributed by atoms with Gasteiger partial charge in [-0.15, -0.1) is 11.8 Å². The van der Waals surface area contributed by atoms with Crippen molar-refractivity contribution in [1.29, 1.82) is 0 Å². The van der Waals surface area contributed by atoms with E-state index in [-0.39, 0.29) is 12.0 Å². The van der Waals surface area contributed by atoms with E-state index in [0.29, 0.717) is 5.56 Å². The zero-order chi connectivity index (χ0) is 14.1. The van der Waals surface area contributed by atoms with Gasteiger partial charge in [0.1, 0.15) is 11.6 Å². The van der Waals surface area contributed by atoms with E-state index in [2.05, 4.69) is 11.5 Å². The van der Waals surface area contributed by atoms with E-state index in [4.69, 9.17) is 5.84 Å². The molecule has 0 radical (unpaired) electrons. The largest absolute Gasteiger partial charge is 0.271 e. The van der Waals surface area contributed by atoms with Crippen LogP contribution in [-0.2, 0) is 0 Å². The van der Waals surface area contributed by atoms with Crippen molar-refractivity contribution in [2.75, 3.05) is 5.75 Å². The summed E-state index contributed by atoms with van der Waals surface area (Å²) < 4.78 is 26.8. The average molecular weight is 292 g/mol. The van der Waals surface area contributed by atoms with Crippen LogP contribution in [0.3, 0.4) is 0 Å². The number of nitrogens with one attached hydrogen (secondary N) is 1. The van der Waals surface area contributed by atoms with Crippen LogP contribution >= 0.6 is 11.8 Å². The standard InChI is InChI=1S/C15H14F2N2S/c16-10-5-9(6-11(17)7-10)15(19-18)13-8-20-14-4-2-1-3-12(13)14/h1-7,13,15,19H,8,18H2. The summed E-state index contributed by atoms with van der Waals surface area (Å²) in [5, 5.41) is 0. The topological polar surface area (TPSA) is 38.0 Å². The molecule has 0 amide bonds. The lowest BCUT2D eigenvalue weighted by molar-refractivity contribution is 0.477. The second-order valence-electron chi connectivity index (χ2n) is 4.80. The molecule has 0 bridgehead atoms. The molecule has 2 atom stereocenters. The first-order chi connectivity index (χ1) is 9.69. The molecule has 0 fully saturated rings. The summed E-state index contributed by atoms with van der Waals surface area (Å²) in [4.78, 5) is 1.20. The summed E-state index contributed by atoms with van der Waals surface area (Å²) in [5.74, 6) is 5.41. The molecule has 0 aromatic heterocycles. The van der Waals surface area contributed by atoms with Gasteiger partial charge in [-0.3, -0.25) is 11.3 Å². The van der Waals surface area contributed by atoms with Gasteiger partial charge in [-0.25, -0.2) is 8.78 Å². The molecule has 5 heteroatoms. The summed E-state index contributed by atoms with van der Waals surface area (Å²) in [5.41, 5.74) is 4.41. The third-order valence-corrected chi connectivity index (χ3v) is 4.77. The van der Waals surface area contributed by atoms with E-state index in [1.54, 1.807) is 11.8 Å². The van der Waals surface area contributed by atoms with Crippen LogP contribution in [0.2, 0.25) is 0 Å². The van der Waals surface area contributed by atoms with Gasteiger partial charge in [0.05, 0.1) is 6.04 Å². The highest BCUT2D eigenvalue weighted by Gasteiger charge is 2.31. The van der Waals surface area contributed by atoms with Crippen LogP contribution in [-0.4, -0.2) is 5.75 Å². The van der Waals surface area contributed by atoms with Crippen LogP contribution < -0.4 is 11.3 Å². The molecule has 104 valence electrons. The molecular formula is C15H14F2N2S. The maximum atomic E-state index is 13.4. The van der Waals surface area contributed by atoms with Crippen LogP contribution in [0.25, 0.3) is 0 Å². The van der Waals surface area contributed by atoms with Gasteiger partial charge in [0.2, 0.25) is 0 Å². The second kappa shape index (κ2) is 5.52. The van der Waals surface area contributed by atoms with Crippen LogP contribution in [0.15, 0.2) is 47.4 Å². The van der Waals surface area contributed by atoms with Crippen molar-refractivity contribution in [1.82, 2.24) is 5.43 Å². The predicted molar refractivity (Wildman–Crippen MR) is 76.3 cm³/mol. The number of hydrazine groups is 1. The molecule has 2 nitrogen and oxygen atoms in total. The van der Waals surface area contributed by atoms with Gasteiger partial charge in [0.25, 0.3) is 0 Å². The molecule has 0 saturated heterocycles. The van der Waals surface area contributed by atoms with Gasteiger partial charge in [0.15, 0.2) is 0 Å². The molecule has 2 aromatic rings. The van der Waals surface area contributed by atoms with Crippen molar-refractivity contribution in [3.8, 4) is 0 Å². The third kappa shape index (κ3) is 2.44. The van der Waals surface area contributed by atoms with E-state index in [1.807, 2.05) is 18.2 Å². The lowest BCUT2D eigenvalue weighted by atomic mass is 9.89. The minimum atomic E-state index is -0.584. The number of thioether (sulfide) groups is 1. The highest BCUT2D eigenvalue weighted by atomic mass is 32.2. The molecule has 0 saturated carbocycles. The Kier molecular flexibility index (Phi) is 3.74. The van der Waals surface area contributed by atoms with E-state index >= 15 is 0 Å². The molecule has 20 heavy (non-hydrogen) atoms. The van der Waals surface area contributed by atoms with E-state index in [9.17, 15) is 8.78 Å². The summed E-state index contributed by atoms with van der Waals surface area (Å²) in [6, 6.07) is 11.3. The maximum Gasteiger partial charge on any atom is 0.126 e. The van der Waals surface area contributed by atoms with Crippen molar-refractivity contribution in [3.05, 3.63) is 65.2 Å². The fraction of sp³-hybridized carbons (Fsp3) is 0.200. The molecule has 1 aliphatic rings.